The van der Waals surface area contributed by atoms with Crippen LogP contribution in [0.2, 0.25) is 5.28 Å². The summed E-state index contributed by atoms with van der Waals surface area (Å²) in [5.41, 5.74) is 4.05. The maximum absolute atomic E-state index is 5.80. The molecule has 0 atom stereocenters. The van der Waals surface area contributed by atoms with Crippen LogP contribution in [0.5, 0.6) is 5.75 Å². The van der Waals surface area contributed by atoms with E-state index in [0.29, 0.717) is 0 Å². The summed E-state index contributed by atoms with van der Waals surface area (Å²) in [6.45, 7) is 4.03. The lowest BCUT2D eigenvalue weighted by Gasteiger charge is -2.10. The van der Waals surface area contributed by atoms with E-state index < -0.39 is 0 Å². The predicted molar refractivity (Wildman–Crippen MR) is 68.5 cm³/mol. The molecule has 0 amide bonds. The highest BCUT2D eigenvalue weighted by Crippen LogP contribution is 2.29. The van der Waals surface area contributed by atoms with Gasteiger partial charge in [0.15, 0.2) is 0 Å². The number of rotatable bonds is 2. The summed E-state index contributed by atoms with van der Waals surface area (Å²) in [6, 6.07) is 5.90. The maximum atomic E-state index is 5.80. The Hall–Kier alpha value is -1.61. The van der Waals surface area contributed by atoms with Crippen molar-refractivity contribution in [1.82, 2.24) is 9.97 Å². The zero-order valence-electron chi connectivity index (χ0n) is 9.99. The van der Waals surface area contributed by atoms with E-state index in [1.54, 1.807) is 13.3 Å². The van der Waals surface area contributed by atoms with Crippen LogP contribution in [0.3, 0.4) is 0 Å². The molecule has 0 radical (unpaired) electrons. The number of methoxy groups -OCH3 is 1. The quantitative estimate of drug-likeness (QED) is 0.764. The summed E-state index contributed by atoms with van der Waals surface area (Å²) in [4.78, 5) is 8.10. The van der Waals surface area contributed by atoms with E-state index in [1.807, 2.05) is 32.0 Å². The molecule has 0 spiro atoms. The van der Waals surface area contributed by atoms with Gasteiger partial charge in [0.2, 0.25) is 5.28 Å². The molecule has 0 aliphatic heterocycles. The van der Waals surface area contributed by atoms with Crippen molar-refractivity contribution >= 4 is 11.6 Å². The fourth-order valence-corrected chi connectivity index (χ4v) is 1.92. The average Bonchev–Trinajstić information content (AvgIpc) is 2.31. The van der Waals surface area contributed by atoms with Crippen molar-refractivity contribution in [1.29, 1.82) is 0 Å². The number of halogens is 1. The fourth-order valence-electron chi connectivity index (χ4n) is 1.77. The van der Waals surface area contributed by atoms with Gasteiger partial charge in [0.05, 0.1) is 12.8 Å². The fraction of sp³-hybridized carbons (Fsp3) is 0.231. The summed E-state index contributed by atoms with van der Waals surface area (Å²) < 4.78 is 5.28. The van der Waals surface area contributed by atoms with Crippen LogP contribution in [0.15, 0.2) is 24.4 Å². The topological polar surface area (TPSA) is 35.0 Å². The molecule has 3 nitrogen and oxygen atoms in total. The molecular weight excluding hydrogens is 236 g/mol. The third-order valence-electron chi connectivity index (χ3n) is 2.64. The standard InChI is InChI=1S/C13H13ClN2O/c1-8-7-12(17-3)9(2)6-10(8)11-4-5-15-13(14)16-11/h4-7H,1-3H3. The van der Waals surface area contributed by atoms with Crippen LogP contribution in [-0.2, 0) is 0 Å². The highest BCUT2D eigenvalue weighted by molar-refractivity contribution is 6.28. The highest BCUT2D eigenvalue weighted by atomic mass is 35.5. The normalized spacial score (nSPS) is 10.4. The lowest BCUT2D eigenvalue weighted by atomic mass is 10.0. The van der Waals surface area contributed by atoms with Gasteiger partial charge in [0.25, 0.3) is 0 Å². The minimum atomic E-state index is 0.260. The average molecular weight is 249 g/mol. The monoisotopic (exact) mass is 248 g/mol. The molecule has 2 aromatic rings. The van der Waals surface area contributed by atoms with E-state index in [4.69, 9.17) is 16.3 Å². The van der Waals surface area contributed by atoms with Crippen molar-refractivity contribution in [2.45, 2.75) is 13.8 Å². The Labute approximate surface area is 105 Å². The van der Waals surface area contributed by atoms with Gasteiger partial charge in [-0.3, -0.25) is 0 Å². The lowest BCUT2D eigenvalue weighted by Crippen LogP contribution is -1.93. The first-order valence-corrected chi connectivity index (χ1v) is 5.64. The second kappa shape index (κ2) is 4.72. The third kappa shape index (κ3) is 2.39. The Morgan fingerprint density at radius 3 is 2.59 bits per heavy atom. The molecule has 1 aromatic heterocycles. The van der Waals surface area contributed by atoms with Crippen molar-refractivity contribution in [3.63, 3.8) is 0 Å². The molecule has 0 N–H and O–H groups in total. The molecule has 88 valence electrons. The van der Waals surface area contributed by atoms with Crippen LogP contribution in [0.25, 0.3) is 11.3 Å². The summed E-state index contributed by atoms with van der Waals surface area (Å²) in [5, 5.41) is 0.260. The minimum Gasteiger partial charge on any atom is -0.496 e. The van der Waals surface area contributed by atoms with Gasteiger partial charge in [-0.1, -0.05) is 0 Å². The number of ether oxygens (including phenoxy) is 1. The number of aromatic nitrogens is 2. The molecule has 1 aromatic carbocycles. The predicted octanol–water partition coefficient (Wildman–Crippen LogP) is 3.42. The number of aryl methyl sites for hydroxylation is 2. The van der Waals surface area contributed by atoms with Gasteiger partial charge in [0.1, 0.15) is 5.75 Å². The van der Waals surface area contributed by atoms with Crippen LogP contribution < -0.4 is 4.74 Å². The molecule has 0 saturated heterocycles. The summed E-state index contributed by atoms with van der Waals surface area (Å²) in [7, 11) is 1.67. The molecule has 0 aliphatic carbocycles. The first-order chi connectivity index (χ1) is 8.11. The van der Waals surface area contributed by atoms with Gasteiger partial charge < -0.3 is 4.74 Å². The van der Waals surface area contributed by atoms with Gasteiger partial charge in [0, 0.05) is 11.8 Å². The van der Waals surface area contributed by atoms with Gasteiger partial charge in [-0.05, 0) is 54.8 Å². The van der Waals surface area contributed by atoms with Crippen molar-refractivity contribution in [3.8, 4) is 17.0 Å². The van der Waals surface area contributed by atoms with Crippen molar-refractivity contribution in [3.05, 3.63) is 40.8 Å². The van der Waals surface area contributed by atoms with E-state index in [0.717, 1.165) is 28.1 Å². The number of hydrogen-bond acceptors (Lipinski definition) is 3. The molecule has 2 rings (SSSR count). The molecule has 1 heterocycles. The van der Waals surface area contributed by atoms with E-state index in [9.17, 15) is 0 Å². The van der Waals surface area contributed by atoms with Crippen molar-refractivity contribution < 1.29 is 4.74 Å². The second-order valence-electron chi connectivity index (χ2n) is 3.85. The van der Waals surface area contributed by atoms with Crippen molar-refractivity contribution in [2.75, 3.05) is 7.11 Å². The summed E-state index contributed by atoms with van der Waals surface area (Å²) >= 11 is 5.80. The van der Waals surface area contributed by atoms with Crippen LogP contribution in [0.4, 0.5) is 0 Å². The minimum absolute atomic E-state index is 0.260. The first-order valence-electron chi connectivity index (χ1n) is 5.26. The van der Waals surface area contributed by atoms with Crippen LogP contribution in [0.1, 0.15) is 11.1 Å². The molecule has 0 fully saturated rings. The van der Waals surface area contributed by atoms with Gasteiger partial charge in [-0.25, -0.2) is 9.97 Å². The third-order valence-corrected chi connectivity index (χ3v) is 2.83. The van der Waals surface area contributed by atoms with Gasteiger partial charge in [-0.15, -0.1) is 0 Å². The number of nitrogens with zero attached hydrogens (tertiary/aromatic N) is 2. The number of benzene rings is 1. The van der Waals surface area contributed by atoms with Gasteiger partial charge >= 0.3 is 0 Å². The van der Waals surface area contributed by atoms with Gasteiger partial charge in [-0.2, -0.15) is 0 Å². The van der Waals surface area contributed by atoms with Crippen LogP contribution >= 0.6 is 11.6 Å². The molecule has 0 unspecified atom stereocenters. The SMILES string of the molecule is COc1cc(C)c(-c2ccnc(Cl)n2)cc1C. The van der Waals surface area contributed by atoms with Crippen LogP contribution in [0, 0.1) is 13.8 Å². The van der Waals surface area contributed by atoms with Crippen molar-refractivity contribution in [2.24, 2.45) is 0 Å². The zero-order valence-corrected chi connectivity index (χ0v) is 10.7. The largest absolute Gasteiger partial charge is 0.496 e. The smallest absolute Gasteiger partial charge is 0.222 e. The Morgan fingerprint density at radius 1 is 1.18 bits per heavy atom. The molecule has 0 aliphatic rings. The zero-order chi connectivity index (χ0) is 12.4. The Bertz CT molecular complexity index is 555. The van der Waals surface area contributed by atoms with Crippen LogP contribution in [-0.4, -0.2) is 17.1 Å². The number of hydrogen-bond donors (Lipinski definition) is 0. The van der Waals surface area contributed by atoms with E-state index in [1.165, 1.54) is 0 Å². The summed E-state index contributed by atoms with van der Waals surface area (Å²) in [5.74, 6) is 0.881. The maximum Gasteiger partial charge on any atom is 0.222 e. The lowest BCUT2D eigenvalue weighted by molar-refractivity contribution is 0.411. The Kier molecular flexibility index (Phi) is 3.29. The molecule has 4 heteroatoms. The van der Waals surface area contributed by atoms with E-state index in [2.05, 4.69) is 9.97 Å². The molecular formula is C13H13ClN2O. The first kappa shape index (κ1) is 11.9. The summed E-state index contributed by atoms with van der Waals surface area (Å²) in [6.07, 6.45) is 1.66. The Morgan fingerprint density at radius 2 is 1.94 bits per heavy atom. The molecule has 0 bridgehead atoms. The molecule has 17 heavy (non-hydrogen) atoms. The van der Waals surface area contributed by atoms with E-state index in [-0.39, 0.29) is 5.28 Å². The second-order valence-corrected chi connectivity index (χ2v) is 4.19. The Balaban J connectivity index is 2.56. The molecule has 0 saturated carbocycles. The highest BCUT2D eigenvalue weighted by Gasteiger charge is 2.08. The van der Waals surface area contributed by atoms with E-state index >= 15 is 0 Å².